The van der Waals surface area contributed by atoms with Crippen LogP contribution < -0.4 is 0 Å². The highest BCUT2D eigenvalue weighted by Crippen LogP contribution is 2.37. The molecule has 0 aliphatic carbocycles. The fourth-order valence-corrected chi connectivity index (χ4v) is 3.22. The van der Waals surface area contributed by atoms with Crippen LogP contribution >= 0.6 is 15.9 Å². The number of nitrogens with zero attached hydrogens (tertiary/aromatic N) is 2. The summed E-state index contributed by atoms with van der Waals surface area (Å²) in [5.74, 6) is -0.317. The van der Waals surface area contributed by atoms with Crippen LogP contribution in [0.3, 0.4) is 0 Å². The smallest absolute Gasteiger partial charge is 0.276 e. The Morgan fingerprint density at radius 3 is 2.62 bits per heavy atom. The highest BCUT2D eigenvalue weighted by molar-refractivity contribution is 9.10. The second-order valence-corrected chi connectivity index (χ2v) is 6.92. The molecule has 0 fully saturated rings. The first-order valence-corrected chi connectivity index (χ1v) is 8.69. The number of carbonyl (C=O) groups excluding carboxylic acids is 1. The number of carbonyl (C=O) groups is 1. The van der Waals surface area contributed by atoms with Crippen LogP contribution in [0.2, 0.25) is 0 Å². The van der Waals surface area contributed by atoms with Crippen molar-refractivity contribution >= 4 is 27.5 Å². The minimum absolute atomic E-state index is 0.317. The fourth-order valence-electron chi connectivity index (χ4n) is 2.82. The third-order valence-corrected chi connectivity index (χ3v) is 4.72. The number of amides is 1. The molecule has 124 valence electrons. The first-order valence-electron chi connectivity index (χ1n) is 7.90. The molecule has 0 aromatic heterocycles. The minimum atomic E-state index is -1.45. The van der Waals surface area contributed by atoms with Gasteiger partial charge in [-0.1, -0.05) is 58.7 Å². The van der Waals surface area contributed by atoms with Crippen molar-refractivity contribution in [3.05, 3.63) is 69.7 Å². The van der Waals surface area contributed by atoms with Gasteiger partial charge in [0, 0.05) is 27.7 Å². The lowest BCUT2D eigenvalue weighted by Crippen LogP contribution is -2.43. The number of aryl methyl sites for hydroxylation is 1. The number of hydrogen-bond acceptors (Lipinski definition) is 3. The number of halogens is 1. The van der Waals surface area contributed by atoms with Crippen LogP contribution in [0.15, 0.2) is 58.1 Å². The van der Waals surface area contributed by atoms with Crippen LogP contribution in [-0.4, -0.2) is 21.7 Å². The van der Waals surface area contributed by atoms with Crippen LogP contribution in [0.1, 0.15) is 41.3 Å². The number of aliphatic hydroxyl groups is 1. The number of hydrazone groups is 1. The lowest BCUT2D eigenvalue weighted by atomic mass is 9.95. The molecule has 0 saturated carbocycles. The van der Waals surface area contributed by atoms with Gasteiger partial charge in [0.1, 0.15) is 0 Å². The molecular weight excluding hydrogens is 368 g/mol. The maximum Gasteiger partial charge on any atom is 0.276 e. The SMILES string of the molecule is CCC1=NN(C(=O)c2cccc(Br)c2)[C@](O)(c2ccc(C)cc2)C1. The third-order valence-electron chi connectivity index (χ3n) is 4.23. The highest BCUT2D eigenvalue weighted by Gasteiger charge is 2.45. The lowest BCUT2D eigenvalue weighted by molar-refractivity contribution is -0.0765. The molecule has 5 heteroatoms. The summed E-state index contributed by atoms with van der Waals surface area (Å²) in [6.45, 7) is 3.96. The molecule has 1 N–H and O–H groups in total. The minimum Gasteiger partial charge on any atom is -0.365 e. The quantitative estimate of drug-likeness (QED) is 0.858. The van der Waals surface area contributed by atoms with E-state index in [1.807, 2.05) is 44.2 Å². The van der Waals surface area contributed by atoms with Crippen molar-refractivity contribution in [1.29, 1.82) is 0 Å². The van der Waals surface area contributed by atoms with Crippen molar-refractivity contribution < 1.29 is 9.90 Å². The van der Waals surface area contributed by atoms with Gasteiger partial charge in [0.2, 0.25) is 0 Å². The maximum absolute atomic E-state index is 13.0. The van der Waals surface area contributed by atoms with Crippen molar-refractivity contribution in [2.75, 3.05) is 0 Å². The van der Waals surface area contributed by atoms with Gasteiger partial charge in [-0.25, -0.2) is 0 Å². The van der Waals surface area contributed by atoms with Crippen LogP contribution in [-0.2, 0) is 5.72 Å². The van der Waals surface area contributed by atoms with Gasteiger partial charge in [-0.3, -0.25) is 4.79 Å². The van der Waals surface area contributed by atoms with E-state index in [1.165, 1.54) is 5.01 Å². The Balaban J connectivity index is 2.03. The molecule has 0 unspecified atom stereocenters. The van der Waals surface area contributed by atoms with E-state index in [2.05, 4.69) is 21.0 Å². The lowest BCUT2D eigenvalue weighted by Gasteiger charge is -2.31. The summed E-state index contributed by atoms with van der Waals surface area (Å²) in [5.41, 5.74) is 1.61. The van der Waals surface area contributed by atoms with Gasteiger partial charge in [0.25, 0.3) is 5.91 Å². The van der Waals surface area contributed by atoms with E-state index in [1.54, 1.807) is 18.2 Å². The summed E-state index contributed by atoms with van der Waals surface area (Å²) in [4.78, 5) is 13.0. The zero-order valence-corrected chi connectivity index (χ0v) is 15.2. The fraction of sp³-hybridized carbons (Fsp3) is 0.263. The van der Waals surface area contributed by atoms with E-state index in [4.69, 9.17) is 0 Å². The molecule has 1 amide bonds. The Morgan fingerprint density at radius 1 is 1.29 bits per heavy atom. The Morgan fingerprint density at radius 2 is 2.00 bits per heavy atom. The second-order valence-electron chi connectivity index (χ2n) is 6.01. The van der Waals surface area contributed by atoms with Gasteiger partial charge in [-0.15, -0.1) is 0 Å². The van der Waals surface area contributed by atoms with E-state index >= 15 is 0 Å². The topological polar surface area (TPSA) is 52.9 Å². The van der Waals surface area contributed by atoms with Gasteiger partial charge in [-0.05, 0) is 31.5 Å². The standard InChI is InChI=1S/C19H19BrN2O2/c1-3-17-12-19(24,15-9-7-13(2)8-10-15)22(21-17)18(23)14-5-4-6-16(20)11-14/h4-11,24H,3,12H2,1-2H3/t19-/m1/s1. The number of benzene rings is 2. The second kappa shape index (κ2) is 6.49. The van der Waals surface area contributed by atoms with Gasteiger partial charge < -0.3 is 5.11 Å². The highest BCUT2D eigenvalue weighted by atomic mass is 79.9. The Kier molecular flexibility index (Phi) is 4.56. The van der Waals surface area contributed by atoms with Crippen LogP contribution in [0.4, 0.5) is 0 Å². The van der Waals surface area contributed by atoms with Crippen molar-refractivity contribution in [2.24, 2.45) is 5.10 Å². The number of rotatable bonds is 3. The van der Waals surface area contributed by atoms with E-state index in [9.17, 15) is 9.90 Å². The van der Waals surface area contributed by atoms with Gasteiger partial charge in [0.05, 0.1) is 0 Å². The molecule has 4 nitrogen and oxygen atoms in total. The largest absolute Gasteiger partial charge is 0.365 e. The van der Waals surface area contributed by atoms with E-state index < -0.39 is 5.72 Å². The van der Waals surface area contributed by atoms with E-state index in [0.717, 1.165) is 15.7 Å². The normalized spacial score (nSPS) is 20.2. The number of hydrogen-bond donors (Lipinski definition) is 1. The molecule has 1 heterocycles. The van der Waals surface area contributed by atoms with Crippen LogP contribution in [0, 0.1) is 6.92 Å². The monoisotopic (exact) mass is 386 g/mol. The Hall–Kier alpha value is -1.98. The molecule has 0 saturated heterocycles. The molecule has 2 aromatic rings. The molecule has 0 spiro atoms. The van der Waals surface area contributed by atoms with Crippen LogP contribution in [0.5, 0.6) is 0 Å². The first kappa shape index (κ1) is 16.9. The van der Waals surface area contributed by atoms with Gasteiger partial charge in [0.15, 0.2) is 5.72 Å². The van der Waals surface area contributed by atoms with Crippen LogP contribution in [0.25, 0.3) is 0 Å². The zero-order valence-electron chi connectivity index (χ0n) is 13.7. The summed E-state index contributed by atoms with van der Waals surface area (Å²) < 4.78 is 0.811. The molecule has 0 radical (unpaired) electrons. The van der Waals surface area contributed by atoms with Crippen molar-refractivity contribution in [2.45, 2.75) is 32.4 Å². The molecule has 1 aliphatic heterocycles. The van der Waals surface area contributed by atoms with E-state index in [-0.39, 0.29) is 5.91 Å². The average molecular weight is 387 g/mol. The zero-order chi connectivity index (χ0) is 17.3. The average Bonchev–Trinajstić information content (AvgIpc) is 2.93. The summed E-state index contributed by atoms with van der Waals surface area (Å²) in [7, 11) is 0. The molecule has 3 rings (SSSR count). The van der Waals surface area contributed by atoms with Gasteiger partial charge in [-0.2, -0.15) is 10.1 Å². The van der Waals surface area contributed by atoms with Crippen molar-refractivity contribution in [3.63, 3.8) is 0 Å². The summed E-state index contributed by atoms with van der Waals surface area (Å²) in [6.07, 6.45) is 1.02. The maximum atomic E-state index is 13.0. The van der Waals surface area contributed by atoms with Crippen molar-refractivity contribution in [1.82, 2.24) is 5.01 Å². The molecule has 2 aromatic carbocycles. The molecule has 0 bridgehead atoms. The molecule has 1 aliphatic rings. The molecular formula is C19H19BrN2O2. The summed E-state index contributed by atoms with van der Waals surface area (Å²) in [5, 5.41) is 16.9. The predicted octanol–water partition coefficient (Wildman–Crippen LogP) is 4.21. The third kappa shape index (κ3) is 3.01. The van der Waals surface area contributed by atoms with Crippen molar-refractivity contribution in [3.8, 4) is 0 Å². The first-order chi connectivity index (χ1) is 11.4. The van der Waals surface area contributed by atoms with Gasteiger partial charge >= 0.3 is 0 Å². The van der Waals surface area contributed by atoms with E-state index in [0.29, 0.717) is 24.0 Å². The Bertz CT molecular complexity index is 801. The Labute approximate surface area is 149 Å². The predicted molar refractivity (Wildman–Crippen MR) is 97.7 cm³/mol. The summed E-state index contributed by atoms with van der Waals surface area (Å²) in [6, 6.07) is 14.7. The molecule has 1 atom stereocenters. The molecule has 24 heavy (non-hydrogen) atoms. The summed E-state index contributed by atoms with van der Waals surface area (Å²) >= 11 is 3.38.